The smallest absolute Gasteiger partial charge is 0.255 e. The highest BCUT2D eigenvalue weighted by Gasteiger charge is 2.16. The molecule has 1 N–H and O–H groups in total. The van der Waals surface area contributed by atoms with E-state index in [0.29, 0.717) is 24.5 Å². The molecular formula is C21H24N2O3. The molecule has 0 spiro atoms. The van der Waals surface area contributed by atoms with Gasteiger partial charge in [0.1, 0.15) is 18.1 Å². The number of fused-ring (bicyclic) bond motifs is 1. The molecule has 0 saturated carbocycles. The fourth-order valence-corrected chi connectivity index (χ4v) is 2.85. The molecule has 0 atom stereocenters. The first-order chi connectivity index (χ1) is 12.6. The second-order valence-electron chi connectivity index (χ2n) is 6.40. The molecule has 1 aromatic heterocycles. The lowest BCUT2D eigenvalue weighted by molar-refractivity contribution is 0.0949. The summed E-state index contributed by atoms with van der Waals surface area (Å²) in [7, 11) is 0. The lowest BCUT2D eigenvalue weighted by atomic mass is 10.1. The van der Waals surface area contributed by atoms with E-state index in [1.165, 1.54) is 0 Å². The van der Waals surface area contributed by atoms with Crippen LogP contribution in [0, 0.1) is 13.8 Å². The first-order valence-electron chi connectivity index (χ1n) is 8.95. The van der Waals surface area contributed by atoms with Crippen molar-refractivity contribution >= 4 is 16.7 Å². The zero-order valence-corrected chi connectivity index (χ0v) is 15.5. The van der Waals surface area contributed by atoms with Crippen LogP contribution < -0.4 is 10.1 Å². The minimum Gasteiger partial charge on any atom is -0.488 e. The van der Waals surface area contributed by atoms with Gasteiger partial charge in [0.25, 0.3) is 5.91 Å². The van der Waals surface area contributed by atoms with Crippen LogP contribution in [0.2, 0.25) is 0 Å². The van der Waals surface area contributed by atoms with Gasteiger partial charge in [-0.05, 0) is 43.2 Å². The maximum atomic E-state index is 12.7. The Kier molecular flexibility index (Phi) is 5.56. The molecule has 0 aliphatic carbocycles. The third-order valence-electron chi connectivity index (χ3n) is 4.46. The van der Waals surface area contributed by atoms with Crippen molar-refractivity contribution in [1.82, 2.24) is 10.5 Å². The van der Waals surface area contributed by atoms with Crippen LogP contribution in [0.3, 0.4) is 0 Å². The molecule has 0 unspecified atom stereocenters. The lowest BCUT2D eigenvalue weighted by Crippen LogP contribution is -2.25. The third-order valence-corrected chi connectivity index (χ3v) is 4.46. The number of amides is 1. The number of benzene rings is 2. The first kappa shape index (κ1) is 18.0. The Hall–Kier alpha value is -2.82. The van der Waals surface area contributed by atoms with Gasteiger partial charge in [0.15, 0.2) is 0 Å². The molecule has 1 heterocycles. The Balaban J connectivity index is 1.90. The zero-order chi connectivity index (χ0) is 18.5. The predicted molar refractivity (Wildman–Crippen MR) is 101 cm³/mol. The molecule has 1 amide bonds. The monoisotopic (exact) mass is 352 g/mol. The molecule has 3 aromatic rings. The predicted octanol–water partition coefficient (Wildman–Crippen LogP) is 4.55. The minimum absolute atomic E-state index is 0.113. The maximum Gasteiger partial charge on any atom is 0.255 e. The number of hydrogen-bond acceptors (Lipinski definition) is 4. The Labute approximate surface area is 153 Å². The summed E-state index contributed by atoms with van der Waals surface area (Å²) in [6.45, 7) is 6.81. The average molecular weight is 352 g/mol. The molecule has 5 nitrogen and oxygen atoms in total. The van der Waals surface area contributed by atoms with Crippen molar-refractivity contribution < 1.29 is 14.1 Å². The molecule has 5 heteroatoms. The van der Waals surface area contributed by atoms with E-state index in [1.54, 1.807) is 0 Å². The van der Waals surface area contributed by atoms with Gasteiger partial charge in [0.2, 0.25) is 0 Å². The van der Waals surface area contributed by atoms with Crippen molar-refractivity contribution in [2.75, 3.05) is 6.54 Å². The van der Waals surface area contributed by atoms with E-state index in [2.05, 4.69) is 17.4 Å². The summed E-state index contributed by atoms with van der Waals surface area (Å²) in [4.78, 5) is 12.7. The molecule has 3 rings (SSSR count). The number of hydrogen-bond donors (Lipinski definition) is 1. The summed E-state index contributed by atoms with van der Waals surface area (Å²) in [5, 5.41) is 8.97. The Morgan fingerprint density at radius 3 is 2.58 bits per heavy atom. The van der Waals surface area contributed by atoms with Gasteiger partial charge in [0.05, 0.1) is 16.8 Å². The normalized spacial score (nSPS) is 10.9. The molecule has 0 aliphatic heterocycles. The highest BCUT2D eigenvalue weighted by Crippen LogP contribution is 2.27. The molecule has 136 valence electrons. The van der Waals surface area contributed by atoms with Crippen molar-refractivity contribution in [2.24, 2.45) is 0 Å². The Bertz CT molecular complexity index is 895. The number of carbonyl (C=O) groups is 1. The standard InChI is InChI=1S/C21H24N2O3/c1-4-5-10-22-21(24)18-11-16-8-6-7-9-17(16)12-20(18)25-13-19-14(2)23-26-15(19)3/h6-9,11-12H,4-5,10,13H2,1-3H3,(H,22,24). The number of aromatic nitrogens is 1. The van der Waals surface area contributed by atoms with E-state index in [9.17, 15) is 4.79 Å². The topological polar surface area (TPSA) is 64.4 Å². The van der Waals surface area contributed by atoms with Crippen LogP contribution in [0.4, 0.5) is 0 Å². The molecule has 0 aliphatic rings. The van der Waals surface area contributed by atoms with Crippen LogP contribution in [-0.4, -0.2) is 17.6 Å². The summed E-state index contributed by atoms with van der Waals surface area (Å²) in [6.07, 6.45) is 1.99. The first-order valence-corrected chi connectivity index (χ1v) is 8.95. The van der Waals surface area contributed by atoms with E-state index in [4.69, 9.17) is 9.26 Å². The van der Waals surface area contributed by atoms with Gasteiger partial charge in [-0.15, -0.1) is 0 Å². The van der Waals surface area contributed by atoms with Crippen molar-refractivity contribution in [3.05, 3.63) is 59.0 Å². The number of aryl methyl sites for hydroxylation is 2. The van der Waals surface area contributed by atoms with E-state index in [0.717, 1.165) is 40.6 Å². The van der Waals surface area contributed by atoms with Crippen LogP contribution in [-0.2, 0) is 6.61 Å². The van der Waals surface area contributed by atoms with E-state index in [-0.39, 0.29) is 5.91 Å². The Morgan fingerprint density at radius 2 is 1.92 bits per heavy atom. The summed E-state index contributed by atoms with van der Waals surface area (Å²) in [5.41, 5.74) is 2.26. The number of nitrogens with zero attached hydrogens (tertiary/aromatic N) is 1. The fraction of sp³-hybridized carbons (Fsp3) is 0.333. The van der Waals surface area contributed by atoms with E-state index < -0.39 is 0 Å². The quantitative estimate of drug-likeness (QED) is 0.633. The number of unbranched alkanes of at least 4 members (excludes halogenated alkanes) is 1. The fourth-order valence-electron chi connectivity index (χ4n) is 2.85. The van der Waals surface area contributed by atoms with E-state index >= 15 is 0 Å². The lowest BCUT2D eigenvalue weighted by Gasteiger charge is -2.13. The van der Waals surface area contributed by atoms with Crippen molar-refractivity contribution in [2.45, 2.75) is 40.2 Å². The molecule has 0 bridgehead atoms. The number of rotatable bonds is 7. The summed E-state index contributed by atoms with van der Waals surface area (Å²) >= 11 is 0. The SMILES string of the molecule is CCCCNC(=O)c1cc2ccccc2cc1OCc1c(C)noc1C. The van der Waals surface area contributed by atoms with Crippen molar-refractivity contribution in [3.63, 3.8) is 0 Å². The van der Waals surface area contributed by atoms with Crippen LogP contribution >= 0.6 is 0 Å². The van der Waals surface area contributed by atoms with Gasteiger partial charge in [-0.2, -0.15) is 0 Å². The molecular weight excluding hydrogens is 328 g/mol. The summed E-state index contributed by atoms with van der Waals surface area (Å²) < 4.78 is 11.2. The van der Waals surface area contributed by atoms with Gasteiger partial charge >= 0.3 is 0 Å². The molecule has 0 radical (unpaired) electrons. The third kappa shape index (κ3) is 3.87. The highest BCUT2D eigenvalue weighted by molar-refractivity contribution is 6.01. The van der Waals surface area contributed by atoms with Gasteiger partial charge in [-0.3, -0.25) is 4.79 Å². The number of nitrogens with one attached hydrogen (secondary N) is 1. The zero-order valence-electron chi connectivity index (χ0n) is 15.5. The molecule has 2 aromatic carbocycles. The van der Waals surface area contributed by atoms with Crippen LogP contribution in [0.1, 0.15) is 47.1 Å². The van der Waals surface area contributed by atoms with Crippen molar-refractivity contribution in [3.8, 4) is 5.75 Å². The van der Waals surface area contributed by atoms with Gasteiger partial charge in [-0.1, -0.05) is 42.8 Å². The summed E-state index contributed by atoms with van der Waals surface area (Å²) in [5.74, 6) is 1.19. The van der Waals surface area contributed by atoms with Crippen LogP contribution in [0.5, 0.6) is 5.75 Å². The number of ether oxygens (including phenoxy) is 1. The van der Waals surface area contributed by atoms with Gasteiger partial charge < -0.3 is 14.6 Å². The summed E-state index contributed by atoms with van der Waals surface area (Å²) in [6, 6.07) is 11.8. The van der Waals surface area contributed by atoms with Gasteiger partial charge in [0, 0.05) is 6.54 Å². The van der Waals surface area contributed by atoms with E-state index in [1.807, 2.05) is 50.2 Å². The molecule has 0 saturated heterocycles. The van der Waals surface area contributed by atoms with Crippen LogP contribution in [0.25, 0.3) is 10.8 Å². The second kappa shape index (κ2) is 8.04. The van der Waals surface area contributed by atoms with Crippen molar-refractivity contribution in [1.29, 1.82) is 0 Å². The molecule has 0 fully saturated rings. The van der Waals surface area contributed by atoms with Gasteiger partial charge in [-0.25, -0.2) is 0 Å². The largest absolute Gasteiger partial charge is 0.488 e. The molecule has 26 heavy (non-hydrogen) atoms. The highest BCUT2D eigenvalue weighted by atomic mass is 16.5. The average Bonchev–Trinajstić information content (AvgIpc) is 2.97. The van der Waals surface area contributed by atoms with Crippen LogP contribution in [0.15, 0.2) is 40.9 Å². The minimum atomic E-state index is -0.113. The Morgan fingerprint density at radius 1 is 1.19 bits per heavy atom. The maximum absolute atomic E-state index is 12.7. The second-order valence-corrected chi connectivity index (χ2v) is 6.40. The number of carbonyl (C=O) groups excluding carboxylic acids is 1.